The van der Waals surface area contributed by atoms with Crippen LogP contribution in [-0.2, 0) is 11.3 Å². The minimum absolute atomic E-state index is 0.395. The number of benzene rings is 1. The van der Waals surface area contributed by atoms with E-state index in [0.717, 1.165) is 6.54 Å². The number of nitrogens with one attached hydrogen (secondary N) is 1. The molecule has 1 N–H and O–H groups in total. The first-order chi connectivity index (χ1) is 8.20. The first-order valence-electron chi connectivity index (χ1n) is 6.22. The van der Waals surface area contributed by atoms with E-state index >= 15 is 0 Å². The lowest BCUT2D eigenvalue weighted by Gasteiger charge is -2.19. The van der Waals surface area contributed by atoms with Crippen molar-refractivity contribution in [2.45, 2.75) is 44.9 Å². The smallest absolute Gasteiger partial charge is 0.0724 e. The van der Waals surface area contributed by atoms with Gasteiger partial charge in [0.05, 0.1) is 6.10 Å². The molecule has 94 valence electrons. The van der Waals surface area contributed by atoms with Crippen molar-refractivity contribution < 1.29 is 4.74 Å². The van der Waals surface area contributed by atoms with Gasteiger partial charge in [-0.2, -0.15) is 0 Å². The molecular formula is C14H20BrNO. The van der Waals surface area contributed by atoms with Crippen molar-refractivity contribution >= 4 is 15.9 Å². The lowest BCUT2D eigenvalue weighted by atomic mass is 10.1. The molecule has 2 unspecified atom stereocenters. The van der Waals surface area contributed by atoms with E-state index in [1.807, 2.05) is 7.11 Å². The standard InChI is InChI=1S/C14H20BrNO/c1-10-8-11(6-7-12(10)15)9-16-13-4-3-5-14(13)17-2/h6-8,13-14,16H,3-5,9H2,1-2H3. The molecule has 17 heavy (non-hydrogen) atoms. The van der Waals surface area contributed by atoms with Crippen LogP contribution < -0.4 is 5.32 Å². The van der Waals surface area contributed by atoms with E-state index in [2.05, 4.69) is 46.4 Å². The molecule has 1 aliphatic rings. The summed E-state index contributed by atoms with van der Waals surface area (Å²) in [4.78, 5) is 0. The number of aryl methyl sites for hydroxylation is 1. The van der Waals surface area contributed by atoms with Gasteiger partial charge >= 0.3 is 0 Å². The van der Waals surface area contributed by atoms with E-state index < -0.39 is 0 Å². The Bertz CT molecular complexity index is 380. The highest BCUT2D eigenvalue weighted by molar-refractivity contribution is 9.10. The largest absolute Gasteiger partial charge is 0.380 e. The summed E-state index contributed by atoms with van der Waals surface area (Å²) < 4.78 is 6.66. The molecule has 1 aliphatic carbocycles. The van der Waals surface area contributed by atoms with E-state index in [1.54, 1.807) is 0 Å². The molecule has 0 saturated heterocycles. The molecule has 2 rings (SSSR count). The van der Waals surface area contributed by atoms with Gasteiger partial charge in [0.25, 0.3) is 0 Å². The number of ether oxygens (including phenoxy) is 1. The second-order valence-electron chi connectivity index (χ2n) is 4.78. The van der Waals surface area contributed by atoms with Crippen LogP contribution in [0.2, 0.25) is 0 Å². The van der Waals surface area contributed by atoms with Gasteiger partial charge in [0.2, 0.25) is 0 Å². The zero-order chi connectivity index (χ0) is 12.3. The normalized spacial score (nSPS) is 24.2. The molecule has 0 spiro atoms. The van der Waals surface area contributed by atoms with E-state index in [9.17, 15) is 0 Å². The zero-order valence-corrected chi connectivity index (χ0v) is 12.1. The molecule has 2 nitrogen and oxygen atoms in total. The molecule has 0 amide bonds. The molecule has 0 radical (unpaired) electrons. The van der Waals surface area contributed by atoms with Crippen LogP contribution in [-0.4, -0.2) is 19.3 Å². The van der Waals surface area contributed by atoms with Gasteiger partial charge in [0.15, 0.2) is 0 Å². The van der Waals surface area contributed by atoms with Crippen molar-refractivity contribution in [2.75, 3.05) is 7.11 Å². The van der Waals surface area contributed by atoms with Crippen LogP contribution in [0.15, 0.2) is 22.7 Å². The molecular weight excluding hydrogens is 278 g/mol. The molecule has 0 bridgehead atoms. The maximum absolute atomic E-state index is 5.49. The molecule has 0 aliphatic heterocycles. The Morgan fingerprint density at radius 3 is 2.94 bits per heavy atom. The van der Waals surface area contributed by atoms with Gasteiger partial charge in [-0.3, -0.25) is 0 Å². The lowest BCUT2D eigenvalue weighted by molar-refractivity contribution is 0.0847. The van der Waals surface area contributed by atoms with Crippen LogP contribution in [0.5, 0.6) is 0 Å². The van der Waals surface area contributed by atoms with Crippen LogP contribution in [0, 0.1) is 6.92 Å². The van der Waals surface area contributed by atoms with Crippen LogP contribution in [0.3, 0.4) is 0 Å². The number of hydrogen-bond donors (Lipinski definition) is 1. The van der Waals surface area contributed by atoms with Crippen molar-refractivity contribution in [3.8, 4) is 0 Å². The Morgan fingerprint density at radius 1 is 1.41 bits per heavy atom. The second-order valence-corrected chi connectivity index (χ2v) is 5.63. The summed E-state index contributed by atoms with van der Waals surface area (Å²) >= 11 is 3.53. The van der Waals surface area contributed by atoms with E-state index in [0.29, 0.717) is 12.1 Å². The van der Waals surface area contributed by atoms with Crippen molar-refractivity contribution in [2.24, 2.45) is 0 Å². The highest BCUT2D eigenvalue weighted by Gasteiger charge is 2.26. The Hall–Kier alpha value is -0.380. The van der Waals surface area contributed by atoms with E-state index in [-0.39, 0.29) is 0 Å². The Kier molecular flexibility index (Phi) is 4.60. The fourth-order valence-corrected chi connectivity index (χ4v) is 2.75. The highest BCUT2D eigenvalue weighted by Crippen LogP contribution is 2.22. The summed E-state index contributed by atoms with van der Waals surface area (Å²) in [6.07, 6.45) is 4.09. The molecule has 0 aromatic heterocycles. The predicted octanol–water partition coefficient (Wildman–Crippen LogP) is 3.41. The average molecular weight is 298 g/mol. The van der Waals surface area contributed by atoms with Crippen molar-refractivity contribution in [1.29, 1.82) is 0 Å². The Labute approximate surface area is 112 Å². The van der Waals surface area contributed by atoms with Crippen LogP contribution in [0.25, 0.3) is 0 Å². The van der Waals surface area contributed by atoms with E-state index in [1.165, 1.54) is 34.9 Å². The molecule has 0 heterocycles. The van der Waals surface area contributed by atoms with Crippen molar-refractivity contribution in [1.82, 2.24) is 5.32 Å². The third kappa shape index (κ3) is 3.30. The summed E-state index contributed by atoms with van der Waals surface area (Å²) in [5.74, 6) is 0. The first-order valence-corrected chi connectivity index (χ1v) is 7.01. The molecule has 1 saturated carbocycles. The Balaban J connectivity index is 1.91. The van der Waals surface area contributed by atoms with Crippen LogP contribution in [0.1, 0.15) is 30.4 Å². The topological polar surface area (TPSA) is 21.3 Å². The highest BCUT2D eigenvalue weighted by atomic mass is 79.9. The molecule has 1 fully saturated rings. The van der Waals surface area contributed by atoms with Crippen LogP contribution >= 0.6 is 15.9 Å². The summed E-state index contributed by atoms with van der Waals surface area (Å²) in [7, 11) is 1.81. The fraction of sp³-hybridized carbons (Fsp3) is 0.571. The van der Waals surface area contributed by atoms with Gasteiger partial charge in [-0.15, -0.1) is 0 Å². The monoisotopic (exact) mass is 297 g/mol. The fourth-order valence-electron chi connectivity index (χ4n) is 2.51. The van der Waals surface area contributed by atoms with Gasteiger partial charge in [-0.25, -0.2) is 0 Å². The lowest BCUT2D eigenvalue weighted by Crippen LogP contribution is -2.36. The summed E-state index contributed by atoms with van der Waals surface area (Å²) in [5.41, 5.74) is 2.63. The molecule has 1 aromatic rings. The van der Waals surface area contributed by atoms with Crippen molar-refractivity contribution in [3.63, 3.8) is 0 Å². The quantitative estimate of drug-likeness (QED) is 0.919. The average Bonchev–Trinajstić information content (AvgIpc) is 2.78. The number of rotatable bonds is 4. The minimum Gasteiger partial charge on any atom is -0.380 e. The van der Waals surface area contributed by atoms with Gasteiger partial charge < -0.3 is 10.1 Å². The Morgan fingerprint density at radius 2 is 2.24 bits per heavy atom. The predicted molar refractivity (Wildman–Crippen MR) is 74.2 cm³/mol. The zero-order valence-electron chi connectivity index (χ0n) is 10.5. The summed E-state index contributed by atoms with van der Waals surface area (Å²) in [5, 5.41) is 3.61. The van der Waals surface area contributed by atoms with Gasteiger partial charge in [-0.05, 0) is 43.4 Å². The number of halogens is 1. The maximum atomic E-state index is 5.49. The van der Waals surface area contributed by atoms with Crippen LogP contribution in [0.4, 0.5) is 0 Å². The van der Waals surface area contributed by atoms with Gasteiger partial charge in [0, 0.05) is 24.2 Å². The summed E-state index contributed by atoms with van der Waals surface area (Å²) in [6, 6.07) is 7.03. The third-order valence-corrected chi connectivity index (χ3v) is 4.44. The van der Waals surface area contributed by atoms with Gasteiger partial charge in [0.1, 0.15) is 0 Å². The third-order valence-electron chi connectivity index (χ3n) is 3.55. The molecule has 1 aromatic carbocycles. The summed E-state index contributed by atoms with van der Waals surface area (Å²) in [6.45, 7) is 3.06. The maximum Gasteiger partial charge on any atom is 0.0724 e. The van der Waals surface area contributed by atoms with Gasteiger partial charge in [-0.1, -0.05) is 28.1 Å². The first kappa shape index (κ1) is 13.1. The van der Waals surface area contributed by atoms with Crippen molar-refractivity contribution in [3.05, 3.63) is 33.8 Å². The molecule has 2 atom stereocenters. The second kappa shape index (κ2) is 5.98. The number of hydrogen-bond acceptors (Lipinski definition) is 2. The minimum atomic E-state index is 0.395. The number of methoxy groups -OCH3 is 1. The molecule has 3 heteroatoms. The van der Waals surface area contributed by atoms with E-state index in [4.69, 9.17) is 4.74 Å². The SMILES string of the molecule is COC1CCCC1NCc1ccc(Br)c(C)c1.